The van der Waals surface area contributed by atoms with Gasteiger partial charge in [-0.15, -0.1) is 0 Å². The number of carbonyl (C=O) groups is 1. The van der Waals surface area contributed by atoms with Crippen molar-refractivity contribution in [3.8, 4) is 0 Å². The lowest BCUT2D eigenvalue weighted by Gasteiger charge is -2.30. The minimum Gasteiger partial charge on any atom is -0.376 e. The Balaban J connectivity index is 1.80. The van der Waals surface area contributed by atoms with Gasteiger partial charge in [0.25, 0.3) is 0 Å². The first kappa shape index (κ1) is 13.2. The van der Waals surface area contributed by atoms with Gasteiger partial charge in [-0.3, -0.25) is 4.79 Å². The highest BCUT2D eigenvalue weighted by atomic mass is 32.2. The van der Waals surface area contributed by atoms with Gasteiger partial charge >= 0.3 is 0 Å². The highest BCUT2D eigenvalue weighted by Gasteiger charge is 2.38. The van der Waals surface area contributed by atoms with E-state index in [1.165, 1.54) is 0 Å². The number of hydrogen-bond donors (Lipinski definition) is 2. The van der Waals surface area contributed by atoms with Crippen LogP contribution < -0.4 is 10.6 Å². The van der Waals surface area contributed by atoms with Gasteiger partial charge in [0, 0.05) is 37.1 Å². The average molecular weight is 258 g/mol. The Kier molecular flexibility index (Phi) is 4.33. The SMILES string of the molecule is CC1OCCC1(C)NC(=O)CC1CSCCN1. The first-order valence-electron chi connectivity index (χ1n) is 6.34. The molecular weight excluding hydrogens is 236 g/mol. The molecule has 0 aromatic heterocycles. The van der Waals surface area contributed by atoms with Crippen LogP contribution in [0.1, 0.15) is 26.7 Å². The summed E-state index contributed by atoms with van der Waals surface area (Å²) in [5, 5.41) is 6.52. The standard InChI is InChI=1S/C12H22N2O2S/c1-9-12(2,3-5-16-9)14-11(15)7-10-8-17-6-4-13-10/h9-10,13H,3-8H2,1-2H3,(H,14,15). The third kappa shape index (κ3) is 3.36. The molecule has 0 bridgehead atoms. The highest BCUT2D eigenvalue weighted by molar-refractivity contribution is 7.99. The van der Waals surface area contributed by atoms with Crippen molar-refractivity contribution in [2.75, 3.05) is 24.7 Å². The fourth-order valence-electron chi connectivity index (χ4n) is 2.34. The fourth-order valence-corrected chi connectivity index (χ4v) is 3.29. The van der Waals surface area contributed by atoms with E-state index in [0.717, 1.165) is 31.1 Å². The molecule has 2 N–H and O–H groups in total. The highest BCUT2D eigenvalue weighted by Crippen LogP contribution is 2.25. The Morgan fingerprint density at radius 1 is 1.65 bits per heavy atom. The monoisotopic (exact) mass is 258 g/mol. The number of ether oxygens (including phenoxy) is 1. The molecule has 1 amide bonds. The predicted molar refractivity (Wildman–Crippen MR) is 70.3 cm³/mol. The first-order valence-corrected chi connectivity index (χ1v) is 7.49. The average Bonchev–Trinajstić information content (AvgIpc) is 2.60. The van der Waals surface area contributed by atoms with E-state index in [0.29, 0.717) is 12.5 Å². The summed E-state index contributed by atoms with van der Waals surface area (Å²) in [5.41, 5.74) is -0.182. The quantitative estimate of drug-likeness (QED) is 0.785. The molecule has 2 saturated heterocycles. The lowest BCUT2D eigenvalue weighted by Crippen LogP contribution is -2.52. The van der Waals surface area contributed by atoms with Gasteiger partial charge in [0.15, 0.2) is 0 Å². The molecule has 98 valence electrons. The topological polar surface area (TPSA) is 50.4 Å². The van der Waals surface area contributed by atoms with Crippen LogP contribution in [-0.2, 0) is 9.53 Å². The zero-order valence-corrected chi connectivity index (χ0v) is 11.4. The summed E-state index contributed by atoms with van der Waals surface area (Å²) >= 11 is 1.92. The van der Waals surface area contributed by atoms with Crippen molar-refractivity contribution in [1.82, 2.24) is 10.6 Å². The van der Waals surface area contributed by atoms with Gasteiger partial charge in [-0.2, -0.15) is 11.8 Å². The zero-order valence-electron chi connectivity index (χ0n) is 10.6. The molecule has 3 atom stereocenters. The summed E-state index contributed by atoms with van der Waals surface area (Å²) in [7, 11) is 0. The first-order chi connectivity index (χ1) is 8.10. The van der Waals surface area contributed by atoms with Crippen LogP contribution in [0.2, 0.25) is 0 Å². The molecule has 2 aliphatic heterocycles. The van der Waals surface area contributed by atoms with E-state index in [1.807, 2.05) is 18.7 Å². The lowest BCUT2D eigenvalue weighted by atomic mass is 9.94. The van der Waals surface area contributed by atoms with E-state index >= 15 is 0 Å². The van der Waals surface area contributed by atoms with E-state index < -0.39 is 0 Å². The third-order valence-corrected chi connectivity index (χ3v) is 4.87. The second kappa shape index (κ2) is 5.59. The normalized spacial score (nSPS) is 38.0. The molecule has 0 saturated carbocycles. The summed E-state index contributed by atoms with van der Waals surface area (Å²) in [5.74, 6) is 2.33. The summed E-state index contributed by atoms with van der Waals surface area (Å²) in [6.07, 6.45) is 1.60. The van der Waals surface area contributed by atoms with E-state index in [9.17, 15) is 4.79 Å². The van der Waals surface area contributed by atoms with Crippen LogP contribution in [0.25, 0.3) is 0 Å². The van der Waals surface area contributed by atoms with Gasteiger partial charge in [0.1, 0.15) is 0 Å². The smallest absolute Gasteiger partial charge is 0.222 e. The molecule has 2 fully saturated rings. The van der Waals surface area contributed by atoms with Gasteiger partial charge in [0.2, 0.25) is 5.91 Å². The molecule has 5 heteroatoms. The number of amides is 1. The number of nitrogens with one attached hydrogen (secondary N) is 2. The molecule has 0 aliphatic carbocycles. The van der Waals surface area contributed by atoms with Crippen molar-refractivity contribution in [2.45, 2.75) is 44.4 Å². The van der Waals surface area contributed by atoms with Crippen LogP contribution in [0.15, 0.2) is 0 Å². The van der Waals surface area contributed by atoms with Crippen LogP contribution in [0.3, 0.4) is 0 Å². The molecule has 2 rings (SSSR count). The van der Waals surface area contributed by atoms with E-state index in [1.54, 1.807) is 0 Å². The Bertz CT molecular complexity index is 282. The molecule has 4 nitrogen and oxygen atoms in total. The minimum atomic E-state index is -0.182. The van der Waals surface area contributed by atoms with E-state index in [-0.39, 0.29) is 17.6 Å². The number of thioether (sulfide) groups is 1. The second-order valence-electron chi connectivity index (χ2n) is 5.16. The molecule has 17 heavy (non-hydrogen) atoms. The van der Waals surface area contributed by atoms with Gasteiger partial charge in [0.05, 0.1) is 11.6 Å². The number of hydrogen-bond acceptors (Lipinski definition) is 4. The summed E-state index contributed by atoms with van der Waals surface area (Å²) < 4.78 is 5.52. The van der Waals surface area contributed by atoms with E-state index in [4.69, 9.17) is 4.74 Å². The van der Waals surface area contributed by atoms with Gasteiger partial charge < -0.3 is 15.4 Å². The fraction of sp³-hybridized carbons (Fsp3) is 0.917. The van der Waals surface area contributed by atoms with Crippen LogP contribution >= 0.6 is 11.8 Å². The van der Waals surface area contributed by atoms with Crippen LogP contribution in [-0.4, -0.2) is 48.2 Å². The minimum absolute atomic E-state index is 0.111. The molecule has 0 aromatic rings. The Labute approximate surface area is 107 Å². The van der Waals surface area contributed by atoms with Crippen molar-refractivity contribution in [3.05, 3.63) is 0 Å². The van der Waals surface area contributed by atoms with Crippen molar-refractivity contribution in [3.63, 3.8) is 0 Å². The molecule has 0 spiro atoms. The van der Waals surface area contributed by atoms with Crippen molar-refractivity contribution >= 4 is 17.7 Å². The van der Waals surface area contributed by atoms with Gasteiger partial charge in [-0.25, -0.2) is 0 Å². The molecule has 2 heterocycles. The maximum absolute atomic E-state index is 12.0. The maximum atomic E-state index is 12.0. The Morgan fingerprint density at radius 3 is 3.06 bits per heavy atom. The number of carbonyl (C=O) groups excluding carboxylic acids is 1. The van der Waals surface area contributed by atoms with E-state index in [2.05, 4.69) is 17.6 Å². The molecular formula is C12H22N2O2S. The molecule has 0 radical (unpaired) electrons. The molecule has 2 aliphatic rings. The van der Waals surface area contributed by atoms with Crippen LogP contribution in [0, 0.1) is 0 Å². The van der Waals surface area contributed by atoms with Crippen molar-refractivity contribution in [2.24, 2.45) is 0 Å². The van der Waals surface area contributed by atoms with Gasteiger partial charge in [-0.05, 0) is 20.3 Å². The largest absolute Gasteiger partial charge is 0.376 e. The van der Waals surface area contributed by atoms with Crippen LogP contribution in [0.5, 0.6) is 0 Å². The van der Waals surface area contributed by atoms with Crippen molar-refractivity contribution in [1.29, 1.82) is 0 Å². The Morgan fingerprint density at radius 2 is 2.47 bits per heavy atom. The third-order valence-electron chi connectivity index (χ3n) is 3.74. The second-order valence-corrected chi connectivity index (χ2v) is 6.31. The zero-order chi connectivity index (χ0) is 12.3. The van der Waals surface area contributed by atoms with Crippen molar-refractivity contribution < 1.29 is 9.53 Å². The van der Waals surface area contributed by atoms with Crippen LogP contribution in [0.4, 0.5) is 0 Å². The summed E-state index contributed by atoms with van der Waals surface area (Å²) in [4.78, 5) is 12.0. The maximum Gasteiger partial charge on any atom is 0.222 e. The van der Waals surface area contributed by atoms with Gasteiger partial charge in [-0.1, -0.05) is 0 Å². The molecule has 0 aromatic carbocycles. The predicted octanol–water partition coefficient (Wildman–Crippen LogP) is 0.765. The molecule has 3 unspecified atom stereocenters. The Hall–Kier alpha value is -0.260. The summed E-state index contributed by atoms with van der Waals surface area (Å²) in [6.45, 7) is 5.86. The summed E-state index contributed by atoms with van der Waals surface area (Å²) in [6, 6.07) is 0.329. The lowest BCUT2D eigenvalue weighted by molar-refractivity contribution is -0.123. The number of rotatable bonds is 3.